The lowest BCUT2D eigenvalue weighted by molar-refractivity contribution is -0.145. The second-order valence-corrected chi connectivity index (χ2v) is 6.97. The lowest BCUT2D eigenvalue weighted by Gasteiger charge is -2.17. The largest absolute Gasteiger partial charge is 0.464 e. The van der Waals surface area contributed by atoms with E-state index >= 15 is 0 Å². The summed E-state index contributed by atoms with van der Waals surface area (Å²) in [5.74, 6) is -0.604. The lowest BCUT2D eigenvalue weighted by Crippen LogP contribution is -2.43. The number of oxazole rings is 1. The summed E-state index contributed by atoms with van der Waals surface area (Å²) < 4.78 is 10.9. The molecular weight excluding hydrogens is 388 g/mol. The van der Waals surface area contributed by atoms with E-state index in [0.717, 1.165) is 11.1 Å². The van der Waals surface area contributed by atoms with Crippen molar-refractivity contribution in [2.75, 3.05) is 12.9 Å². The van der Waals surface area contributed by atoms with Crippen LogP contribution < -0.4 is 5.32 Å². The molecule has 2 aromatic carbocycles. The van der Waals surface area contributed by atoms with Gasteiger partial charge < -0.3 is 14.5 Å². The van der Waals surface area contributed by atoms with E-state index in [1.54, 1.807) is 13.2 Å². The number of esters is 1. The average Bonchev–Trinajstić information content (AvgIpc) is 3.19. The van der Waals surface area contributed by atoms with Gasteiger partial charge in [0.15, 0.2) is 10.8 Å². The molecule has 0 saturated heterocycles. The minimum Gasteiger partial charge on any atom is -0.464 e. The second kappa shape index (κ2) is 9.93. The van der Waals surface area contributed by atoms with Crippen molar-refractivity contribution in [1.82, 2.24) is 10.3 Å². The molecule has 6 nitrogen and oxygen atoms in total. The number of benzene rings is 2. The van der Waals surface area contributed by atoms with Gasteiger partial charge in [-0.15, -0.1) is 0 Å². The van der Waals surface area contributed by atoms with Crippen LogP contribution in [-0.2, 0) is 16.0 Å². The van der Waals surface area contributed by atoms with Gasteiger partial charge in [-0.25, -0.2) is 9.78 Å². The summed E-state index contributed by atoms with van der Waals surface area (Å²) in [6.45, 7) is 1.97. The van der Waals surface area contributed by atoms with Gasteiger partial charge in [-0.1, -0.05) is 60.3 Å². The fourth-order valence-electron chi connectivity index (χ4n) is 2.80. The number of nitrogens with zero attached hydrogens (tertiary/aromatic N) is 1. The van der Waals surface area contributed by atoms with Crippen molar-refractivity contribution in [3.63, 3.8) is 0 Å². The Labute approximate surface area is 173 Å². The van der Waals surface area contributed by atoms with Gasteiger partial charge in [-0.2, -0.15) is 0 Å². The van der Waals surface area contributed by atoms with Crippen LogP contribution in [0.25, 0.3) is 11.5 Å². The molecule has 1 atom stereocenters. The molecule has 1 aromatic heterocycles. The zero-order valence-electron chi connectivity index (χ0n) is 16.3. The molecule has 0 bridgehead atoms. The minimum absolute atomic E-state index is 0.152. The van der Waals surface area contributed by atoms with Gasteiger partial charge in [0.2, 0.25) is 5.89 Å². The van der Waals surface area contributed by atoms with Crippen LogP contribution in [0.1, 0.15) is 23.0 Å². The van der Waals surface area contributed by atoms with Crippen molar-refractivity contribution < 1.29 is 18.7 Å². The molecule has 0 aliphatic rings. The van der Waals surface area contributed by atoms with Crippen LogP contribution in [0.15, 0.2) is 70.2 Å². The number of aromatic nitrogens is 1. The van der Waals surface area contributed by atoms with Crippen LogP contribution in [0.5, 0.6) is 0 Å². The summed E-state index contributed by atoms with van der Waals surface area (Å²) in [4.78, 5) is 29.7. The summed E-state index contributed by atoms with van der Waals surface area (Å²) in [5, 5.41) is 3.15. The molecule has 0 fully saturated rings. The number of carbonyl (C=O) groups excluding carboxylic acids is 2. The third-order valence-electron chi connectivity index (χ3n) is 4.18. The minimum atomic E-state index is -0.823. The predicted octanol–water partition coefficient (Wildman–Crippen LogP) is 3.97. The third kappa shape index (κ3) is 5.26. The van der Waals surface area contributed by atoms with Gasteiger partial charge in [-0.3, -0.25) is 4.79 Å². The van der Waals surface area contributed by atoms with Gasteiger partial charge in [-0.05, 0) is 30.9 Å². The Balaban J connectivity index is 1.83. The number of rotatable bonds is 8. The highest BCUT2D eigenvalue weighted by Gasteiger charge is 2.27. The molecule has 7 heteroatoms. The summed E-state index contributed by atoms with van der Waals surface area (Å²) in [7, 11) is 0. The standard InChI is InChI=1S/C22H22N2O4S/c1-3-27-21(26)17(14-15-10-6-4-7-11-15)23-19(25)18-22(29-2)28-20(24-18)16-12-8-5-9-13-16/h4-13,17H,3,14H2,1-2H3,(H,23,25)/t17-/m0/s1. The normalized spacial score (nSPS) is 11.7. The maximum absolute atomic E-state index is 12.9. The Morgan fingerprint density at radius 3 is 2.38 bits per heavy atom. The fraction of sp³-hybridized carbons (Fsp3) is 0.227. The Morgan fingerprint density at radius 1 is 1.10 bits per heavy atom. The number of hydrogen-bond donors (Lipinski definition) is 1. The Kier molecular flexibility index (Phi) is 7.08. The van der Waals surface area contributed by atoms with Crippen molar-refractivity contribution >= 4 is 23.6 Å². The summed E-state index contributed by atoms with van der Waals surface area (Å²) in [6, 6.07) is 18.0. The number of hydrogen-bond acceptors (Lipinski definition) is 6. The molecule has 1 heterocycles. The molecule has 3 rings (SSSR count). The van der Waals surface area contributed by atoms with E-state index < -0.39 is 17.9 Å². The van der Waals surface area contributed by atoms with E-state index in [-0.39, 0.29) is 12.3 Å². The quantitative estimate of drug-likeness (QED) is 0.447. The number of thioether (sulfide) groups is 1. The van der Waals surface area contributed by atoms with Crippen molar-refractivity contribution in [2.24, 2.45) is 0 Å². The van der Waals surface area contributed by atoms with E-state index in [1.807, 2.05) is 60.7 Å². The highest BCUT2D eigenvalue weighted by atomic mass is 32.2. The van der Waals surface area contributed by atoms with E-state index in [4.69, 9.17) is 9.15 Å². The molecule has 0 radical (unpaired) electrons. The van der Waals surface area contributed by atoms with Gasteiger partial charge >= 0.3 is 5.97 Å². The molecule has 0 aliphatic carbocycles. The molecule has 0 spiro atoms. The number of nitrogens with one attached hydrogen (secondary N) is 1. The molecule has 29 heavy (non-hydrogen) atoms. The first-order valence-electron chi connectivity index (χ1n) is 9.24. The van der Waals surface area contributed by atoms with Gasteiger partial charge in [0.05, 0.1) is 6.61 Å². The molecule has 1 amide bonds. The lowest BCUT2D eigenvalue weighted by atomic mass is 10.1. The topological polar surface area (TPSA) is 81.4 Å². The van der Waals surface area contributed by atoms with E-state index in [2.05, 4.69) is 10.3 Å². The zero-order valence-corrected chi connectivity index (χ0v) is 17.1. The molecule has 0 unspecified atom stereocenters. The fourth-order valence-corrected chi connectivity index (χ4v) is 3.30. The highest BCUT2D eigenvalue weighted by molar-refractivity contribution is 7.98. The molecule has 3 aromatic rings. The van der Waals surface area contributed by atoms with Crippen molar-refractivity contribution in [3.05, 3.63) is 71.9 Å². The van der Waals surface area contributed by atoms with Crippen LogP contribution in [0.4, 0.5) is 0 Å². The smallest absolute Gasteiger partial charge is 0.328 e. The maximum Gasteiger partial charge on any atom is 0.328 e. The summed E-state index contributed by atoms with van der Waals surface area (Å²) in [6.07, 6.45) is 2.13. The van der Waals surface area contributed by atoms with Gasteiger partial charge in [0, 0.05) is 12.0 Å². The Morgan fingerprint density at radius 2 is 1.76 bits per heavy atom. The van der Waals surface area contributed by atoms with E-state index in [9.17, 15) is 9.59 Å². The maximum atomic E-state index is 12.9. The van der Waals surface area contributed by atoms with Crippen molar-refractivity contribution in [2.45, 2.75) is 24.5 Å². The first-order chi connectivity index (χ1) is 14.1. The van der Waals surface area contributed by atoms with Crippen molar-refractivity contribution in [3.8, 4) is 11.5 Å². The van der Waals surface area contributed by atoms with E-state index in [1.165, 1.54) is 11.8 Å². The third-order valence-corrected chi connectivity index (χ3v) is 4.82. The number of carbonyl (C=O) groups is 2. The zero-order chi connectivity index (χ0) is 20.6. The molecular formula is C22H22N2O4S. The van der Waals surface area contributed by atoms with Crippen LogP contribution in [0, 0.1) is 0 Å². The van der Waals surface area contributed by atoms with Crippen LogP contribution >= 0.6 is 11.8 Å². The van der Waals surface area contributed by atoms with Crippen molar-refractivity contribution in [1.29, 1.82) is 0 Å². The SMILES string of the molecule is CCOC(=O)[C@H](Cc1ccccc1)NC(=O)c1nc(-c2ccccc2)oc1SC. The van der Waals surface area contributed by atoms with Gasteiger partial charge in [0.25, 0.3) is 5.91 Å². The average molecular weight is 410 g/mol. The van der Waals surface area contributed by atoms with Crippen LogP contribution in [0.3, 0.4) is 0 Å². The van der Waals surface area contributed by atoms with E-state index in [0.29, 0.717) is 17.4 Å². The first kappa shape index (κ1) is 20.7. The number of amides is 1. The Bertz CT molecular complexity index is 957. The summed E-state index contributed by atoms with van der Waals surface area (Å²) >= 11 is 1.28. The monoisotopic (exact) mass is 410 g/mol. The predicted molar refractivity (Wildman–Crippen MR) is 112 cm³/mol. The Hall–Kier alpha value is -3.06. The molecule has 150 valence electrons. The highest BCUT2D eigenvalue weighted by Crippen LogP contribution is 2.27. The number of ether oxygens (including phenoxy) is 1. The first-order valence-corrected chi connectivity index (χ1v) is 10.5. The molecule has 0 aliphatic heterocycles. The van der Waals surface area contributed by atoms with Crippen LogP contribution in [-0.4, -0.2) is 35.8 Å². The second-order valence-electron chi connectivity index (χ2n) is 6.19. The molecule has 0 saturated carbocycles. The molecule has 1 N–H and O–H groups in total. The van der Waals surface area contributed by atoms with Crippen LogP contribution in [0.2, 0.25) is 0 Å². The summed E-state index contributed by atoms with van der Waals surface area (Å²) in [5.41, 5.74) is 1.84. The van der Waals surface area contributed by atoms with Gasteiger partial charge in [0.1, 0.15) is 6.04 Å².